The number of alkyl halides is 3. The Labute approximate surface area is 168 Å². The summed E-state index contributed by atoms with van der Waals surface area (Å²) in [5.74, 6) is 0.413. The molecule has 1 amide bonds. The summed E-state index contributed by atoms with van der Waals surface area (Å²) in [6.45, 7) is 4.37. The van der Waals surface area contributed by atoms with Gasteiger partial charge in [-0.25, -0.2) is 0 Å². The Morgan fingerprint density at radius 1 is 1.21 bits per heavy atom. The molecule has 1 aromatic carbocycles. The molecule has 2 bridgehead atoms. The van der Waals surface area contributed by atoms with Gasteiger partial charge in [-0.05, 0) is 63.0 Å². The molecule has 150 valence electrons. The Balaban J connectivity index is 1.39. The summed E-state index contributed by atoms with van der Waals surface area (Å²) in [5.41, 5.74) is 0.543. The highest BCUT2D eigenvalue weighted by Gasteiger charge is 2.40. The summed E-state index contributed by atoms with van der Waals surface area (Å²) >= 11 is 1.60. The fourth-order valence-electron chi connectivity index (χ4n) is 3.92. The number of piperidine rings is 3. The number of carbonyl (C=O) groups is 1. The molecule has 0 spiro atoms. The summed E-state index contributed by atoms with van der Waals surface area (Å²) in [7, 11) is 0. The number of carbonyl (C=O) groups excluding carboxylic acids is 1. The normalized spacial score (nSPS) is 27.0. The minimum Gasteiger partial charge on any atom is -0.347 e. The maximum absolute atomic E-state index is 12.6. The predicted octanol–water partition coefficient (Wildman–Crippen LogP) is 3.92. The van der Waals surface area contributed by atoms with E-state index >= 15 is 0 Å². The Morgan fingerprint density at radius 3 is 2.46 bits per heavy atom. The van der Waals surface area contributed by atoms with Gasteiger partial charge in [-0.15, -0.1) is 10.2 Å². The number of rotatable bonds is 4. The Kier molecular flexibility index (Phi) is 5.36. The number of amides is 1. The van der Waals surface area contributed by atoms with Crippen LogP contribution in [0.2, 0.25) is 0 Å². The monoisotopic (exact) mass is 428 g/mol. The molecule has 1 aromatic heterocycles. The number of nitrogens with one attached hydrogen (secondary N) is 1. The highest BCUT2D eigenvalue weighted by Crippen LogP contribution is 2.37. The predicted molar refractivity (Wildman–Crippen MR) is 100 cm³/mol. The van der Waals surface area contributed by atoms with Crippen molar-refractivity contribution in [1.29, 1.82) is 0 Å². The number of hydrogen-bond acceptors (Lipinski definition) is 6. The zero-order valence-electron chi connectivity index (χ0n) is 15.1. The molecule has 3 aliphatic heterocycles. The first-order valence-electron chi connectivity index (χ1n) is 9.05. The summed E-state index contributed by atoms with van der Waals surface area (Å²) in [6.07, 6.45) is -2.25. The molecule has 5 rings (SSSR count). The molecule has 3 aliphatic rings. The van der Waals surface area contributed by atoms with E-state index in [0.717, 1.165) is 37.7 Å². The first-order valence-corrected chi connectivity index (χ1v) is 10.7. The van der Waals surface area contributed by atoms with Crippen molar-refractivity contribution in [2.24, 2.45) is 5.92 Å². The smallest absolute Gasteiger partial charge is 0.347 e. The van der Waals surface area contributed by atoms with Crippen molar-refractivity contribution in [3.8, 4) is 0 Å². The lowest BCUT2D eigenvalue weighted by molar-refractivity contribution is -0.138. The lowest BCUT2D eigenvalue weighted by Gasteiger charge is -2.49. The molecule has 0 saturated carbocycles. The van der Waals surface area contributed by atoms with Crippen molar-refractivity contribution in [3.63, 3.8) is 0 Å². The van der Waals surface area contributed by atoms with Crippen LogP contribution >= 0.6 is 23.1 Å². The van der Waals surface area contributed by atoms with Crippen molar-refractivity contribution >= 4 is 29.0 Å². The molecule has 0 unspecified atom stereocenters. The topological polar surface area (TPSA) is 58.1 Å². The van der Waals surface area contributed by atoms with Gasteiger partial charge < -0.3 is 5.32 Å². The van der Waals surface area contributed by atoms with E-state index in [4.69, 9.17) is 0 Å². The van der Waals surface area contributed by atoms with E-state index in [1.165, 1.54) is 0 Å². The van der Waals surface area contributed by atoms with Crippen molar-refractivity contribution in [1.82, 2.24) is 20.4 Å². The minimum atomic E-state index is -4.48. The molecule has 3 saturated heterocycles. The summed E-state index contributed by atoms with van der Waals surface area (Å²) in [6, 6.07) is 7.31. The number of nitrogens with zero attached hydrogens (tertiary/aromatic N) is 3. The Bertz CT molecular complexity index is 845. The maximum atomic E-state index is 12.6. The summed E-state index contributed by atoms with van der Waals surface area (Å²) in [4.78, 5) is 15.8. The zero-order chi connectivity index (χ0) is 19.9. The first-order chi connectivity index (χ1) is 13.3. The van der Waals surface area contributed by atoms with Crippen LogP contribution in [0.5, 0.6) is 0 Å². The standard InChI is InChI=1S/C18H19F3N4OS2/c1-10-14(11-6-8-25(10)9-7-11)22-15(26)12-2-4-13(5-3-12)27-17-24-23-16(28-17)18(19,20)21/h2-5,10-11,14H,6-9H2,1H3,(H,22,26)/t10-,14+/m1/s1. The van der Waals surface area contributed by atoms with Gasteiger partial charge in [-0.3, -0.25) is 9.69 Å². The van der Waals surface area contributed by atoms with Crippen LogP contribution in [-0.4, -0.2) is 46.2 Å². The largest absolute Gasteiger partial charge is 0.445 e. The Morgan fingerprint density at radius 2 is 1.89 bits per heavy atom. The van der Waals surface area contributed by atoms with E-state index in [-0.39, 0.29) is 16.3 Å². The van der Waals surface area contributed by atoms with Crippen molar-refractivity contribution < 1.29 is 18.0 Å². The van der Waals surface area contributed by atoms with Crippen molar-refractivity contribution in [3.05, 3.63) is 34.8 Å². The van der Waals surface area contributed by atoms with E-state index < -0.39 is 11.2 Å². The van der Waals surface area contributed by atoms with Crippen LogP contribution in [0.15, 0.2) is 33.5 Å². The van der Waals surface area contributed by atoms with Gasteiger partial charge in [0.05, 0.1) is 0 Å². The molecule has 10 heteroatoms. The lowest BCUT2D eigenvalue weighted by atomic mass is 9.79. The molecule has 0 radical (unpaired) electrons. The molecular formula is C18H19F3N4OS2. The second-order valence-electron chi connectivity index (χ2n) is 7.11. The van der Waals surface area contributed by atoms with Gasteiger partial charge in [-0.1, -0.05) is 23.1 Å². The van der Waals surface area contributed by atoms with Gasteiger partial charge in [0.25, 0.3) is 5.91 Å². The SMILES string of the molecule is C[C@@H]1[C@H](NC(=O)c2ccc(Sc3nnc(C(F)(F)F)s3)cc2)C2CCN1CC2. The van der Waals surface area contributed by atoms with Gasteiger partial charge in [0, 0.05) is 22.5 Å². The maximum Gasteiger partial charge on any atom is 0.445 e. The Hall–Kier alpha value is -1.65. The van der Waals surface area contributed by atoms with Gasteiger partial charge in [0.2, 0.25) is 5.01 Å². The second-order valence-corrected chi connectivity index (χ2v) is 9.41. The van der Waals surface area contributed by atoms with Crippen LogP contribution in [-0.2, 0) is 6.18 Å². The second kappa shape index (κ2) is 7.64. The van der Waals surface area contributed by atoms with Crippen molar-refractivity contribution in [2.75, 3.05) is 13.1 Å². The number of halogens is 3. The van der Waals surface area contributed by atoms with E-state index in [9.17, 15) is 18.0 Å². The lowest BCUT2D eigenvalue weighted by Crippen LogP contribution is -2.62. The number of hydrogen-bond donors (Lipinski definition) is 1. The zero-order valence-corrected chi connectivity index (χ0v) is 16.7. The molecule has 28 heavy (non-hydrogen) atoms. The molecule has 5 nitrogen and oxygen atoms in total. The molecule has 2 aromatic rings. The minimum absolute atomic E-state index is 0.113. The van der Waals surface area contributed by atoms with Gasteiger partial charge in [0.15, 0.2) is 4.34 Å². The van der Waals surface area contributed by atoms with Crippen LogP contribution in [0.1, 0.15) is 35.1 Å². The van der Waals surface area contributed by atoms with Crippen molar-refractivity contribution in [2.45, 2.75) is 47.3 Å². The molecule has 3 fully saturated rings. The third kappa shape index (κ3) is 4.04. The van der Waals surface area contributed by atoms with Crippen LogP contribution < -0.4 is 5.32 Å². The van der Waals surface area contributed by atoms with Crippen LogP contribution in [0, 0.1) is 5.92 Å². The van der Waals surface area contributed by atoms with E-state index in [0.29, 0.717) is 33.8 Å². The summed E-state index contributed by atoms with van der Waals surface area (Å²) in [5, 5.41) is 8.96. The first kappa shape index (κ1) is 19.7. The number of benzene rings is 1. The molecule has 2 atom stereocenters. The third-order valence-electron chi connectivity index (χ3n) is 5.45. The highest BCUT2D eigenvalue weighted by atomic mass is 32.2. The quantitative estimate of drug-likeness (QED) is 0.800. The van der Waals surface area contributed by atoms with Crippen LogP contribution in [0.25, 0.3) is 0 Å². The van der Waals surface area contributed by atoms with E-state index in [2.05, 4.69) is 27.3 Å². The van der Waals surface area contributed by atoms with E-state index in [1.54, 1.807) is 24.3 Å². The molecular weight excluding hydrogens is 409 g/mol. The molecule has 1 N–H and O–H groups in total. The van der Waals surface area contributed by atoms with E-state index in [1.807, 2.05) is 0 Å². The summed E-state index contributed by atoms with van der Waals surface area (Å²) < 4.78 is 38.0. The van der Waals surface area contributed by atoms with Crippen LogP contribution in [0.4, 0.5) is 13.2 Å². The van der Waals surface area contributed by atoms with Gasteiger partial charge >= 0.3 is 6.18 Å². The third-order valence-corrected chi connectivity index (χ3v) is 7.47. The average Bonchev–Trinajstić information content (AvgIpc) is 3.14. The number of aromatic nitrogens is 2. The highest BCUT2D eigenvalue weighted by molar-refractivity contribution is 8.01. The molecule has 4 heterocycles. The fraction of sp³-hybridized carbons (Fsp3) is 0.500. The number of fused-ring (bicyclic) bond motifs is 3. The van der Waals surface area contributed by atoms with Gasteiger partial charge in [0.1, 0.15) is 0 Å². The fourth-order valence-corrected chi connectivity index (χ4v) is 5.61. The average molecular weight is 429 g/mol. The van der Waals surface area contributed by atoms with Gasteiger partial charge in [-0.2, -0.15) is 13.2 Å². The van der Waals surface area contributed by atoms with Crippen LogP contribution in [0.3, 0.4) is 0 Å². The molecule has 0 aliphatic carbocycles.